The van der Waals surface area contributed by atoms with E-state index in [9.17, 15) is 0 Å². The molecule has 0 aliphatic heterocycles. The molecule has 0 saturated heterocycles. The molecule has 1 rings (SSSR count). The third-order valence-electron chi connectivity index (χ3n) is 1.78. The molecule has 0 N–H and O–H groups in total. The Morgan fingerprint density at radius 2 is 1.50 bits per heavy atom. The average Bonchev–Trinajstić information content (AvgIpc) is 2.10. The monoisotopic (exact) mass is 198 g/mol. The minimum atomic E-state index is 0.589. The van der Waals surface area contributed by atoms with E-state index < -0.39 is 0 Å². The van der Waals surface area contributed by atoms with Crippen LogP contribution in [-0.2, 0) is 0 Å². The maximum absolute atomic E-state index is 2.22. The summed E-state index contributed by atoms with van der Waals surface area (Å²) in [7, 11) is 0. The molecule has 0 nitrogen and oxygen atoms in total. The van der Waals surface area contributed by atoms with Gasteiger partial charge >= 0.3 is 0 Å². The highest BCUT2D eigenvalue weighted by atomic mass is 32.2. The first-order valence-electron chi connectivity index (χ1n) is 3.90. The number of benzene rings is 1. The van der Waals surface area contributed by atoms with Gasteiger partial charge < -0.3 is 0 Å². The number of hydrogen-bond acceptors (Lipinski definition) is 2. The van der Waals surface area contributed by atoms with Crippen molar-refractivity contribution >= 4 is 23.5 Å². The second-order valence-electron chi connectivity index (χ2n) is 2.71. The lowest BCUT2D eigenvalue weighted by Gasteiger charge is -2.11. The summed E-state index contributed by atoms with van der Waals surface area (Å²) < 4.78 is 0.589. The van der Waals surface area contributed by atoms with Crippen molar-refractivity contribution in [3.8, 4) is 0 Å². The zero-order valence-electron chi connectivity index (χ0n) is 7.70. The summed E-state index contributed by atoms with van der Waals surface area (Å²) in [4.78, 5) is 0. The van der Waals surface area contributed by atoms with Gasteiger partial charge in [-0.3, -0.25) is 0 Å². The summed E-state index contributed by atoms with van der Waals surface area (Å²) in [5.41, 5.74) is 2.75. The topological polar surface area (TPSA) is 0 Å². The molecular formula is C10H14S2. The summed E-state index contributed by atoms with van der Waals surface area (Å²) in [6.07, 6.45) is 4.31. The lowest BCUT2D eigenvalue weighted by Crippen LogP contribution is -1.86. The van der Waals surface area contributed by atoms with Crippen LogP contribution in [0.5, 0.6) is 0 Å². The first-order valence-corrected chi connectivity index (χ1v) is 6.47. The highest BCUT2D eigenvalue weighted by molar-refractivity contribution is 8.15. The lowest BCUT2D eigenvalue weighted by molar-refractivity contribution is 1.35. The maximum atomic E-state index is 2.22. The fourth-order valence-electron chi connectivity index (χ4n) is 1.09. The Balaban J connectivity index is 2.80. The quantitative estimate of drug-likeness (QED) is 0.679. The van der Waals surface area contributed by atoms with E-state index in [2.05, 4.69) is 43.7 Å². The highest BCUT2D eigenvalue weighted by Gasteiger charge is 2.06. The minimum Gasteiger partial charge on any atom is -0.146 e. The zero-order valence-corrected chi connectivity index (χ0v) is 9.34. The molecule has 0 spiro atoms. The van der Waals surface area contributed by atoms with Gasteiger partial charge in [-0.05, 0) is 25.0 Å². The predicted molar refractivity (Wildman–Crippen MR) is 61.0 cm³/mol. The van der Waals surface area contributed by atoms with E-state index in [4.69, 9.17) is 0 Å². The van der Waals surface area contributed by atoms with Crippen LogP contribution >= 0.6 is 23.5 Å². The van der Waals surface area contributed by atoms with E-state index in [1.165, 1.54) is 11.1 Å². The van der Waals surface area contributed by atoms with Gasteiger partial charge in [0.1, 0.15) is 0 Å². The van der Waals surface area contributed by atoms with E-state index in [0.717, 1.165) is 0 Å². The first-order chi connectivity index (χ1) is 5.77. The molecule has 66 valence electrons. The van der Waals surface area contributed by atoms with Crippen molar-refractivity contribution in [2.45, 2.75) is 11.5 Å². The highest BCUT2D eigenvalue weighted by Crippen LogP contribution is 2.35. The van der Waals surface area contributed by atoms with Crippen LogP contribution in [0.25, 0.3) is 0 Å². The second-order valence-corrected chi connectivity index (χ2v) is 4.90. The van der Waals surface area contributed by atoms with Crippen molar-refractivity contribution in [3.63, 3.8) is 0 Å². The molecule has 0 aromatic heterocycles. The van der Waals surface area contributed by atoms with Crippen LogP contribution in [-0.4, -0.2) is 12.5 Å². The van der Waals surface area contributed by atoms with E-state index in [0.29, 0.717) is 4.58 Å². The number of thioether (sulfide) groups is 2. The first kappa shape index (κ1) is 10.0. The molecule has 12 heavy (non-hydrogen) atoms. The SMILES string of the molecule is CSC(SC)c1ccc(C)cc1. The van der Waals surface area contributed by atoms with Crippen molar-refractivity contribution in [1.82, 2.24) is 0 Å². The Bertz CT molecular complexity index is 224. The van der Waals surface area contributed by atoms with Crippen LogP contribution in [0.15, 0.2) is 24.3 Å². The lowest BCUT2D eigenvalue weighted by atomic mass is 10.2. The van der Waals surface area contributed by atoms with Gasteiger partial charge in [0.15, 0.2) is 0 Å². The van der Waals surface area contributed by atoms with Crippen molar-refractivity contribution in [2.24, 2.45) is 0 Å². The predicted octanol–water partition coefficient (Wildman–Crippen LogP) is 3.72. The number of rotatable bonds is 3. The molecule has 0 saturated carbocycles. The molecular weight excluding hydrogens is 184 g/mol. The normalized spacial score (nSPS) is 10.7. The smallest absolute Gasteiger partial charge is 0.0745 e. The van der Waals surface area contributed by atoms with Gasteiger partial charge in [-0.25, -0.2) is 0 Å². The molecule has 0 heterocycles. The van der Waals surface area contributed by atoms with Crippen molar-refractivity contribution in [2.75, 3.05) is 12.5 Å². The summed E-state index contributed by atoms with van der Waals surface area (Å²) in [5, 5.41) is 0. The van der Waals surface area contributed by atoms with Crippen LogP contribution in [0.2, 0.25) is 0 Å². The van der Waals surface area contributed by atoms with Gasteiger partial charge in [-0.2, -0.15) is 0 Å². The van der Waals surface area contributed by atoms with Gasteiger partial charge in [0.25, 0.3) is 0 Å². The standard InChI is InChI=1S/C10H14S2/c1-8-4-6-9(7-5-8)10(11-2)12-3/h4-7,10H,1-3H3. The van der Waals surface area contributed by atoms with Gasteiger partial charge in [-0.15, -0.1) is 23.5 Å². The van der Waals surface area contributed by atoms with Crippen molar-refractivity contribution in [3.05, 3.63) is 35.4 Å². The zero-order chi connectivity index (χ0) is 8.97. The summed E-state index contributed by atoms with van der Waals surface area (Å²) in [6, 6.07) is 8.78. The molecule has 0 bridgehead atoms. The van der Waals surface area contributed by atoms with E-state index in [1.807, 2.05) is 23.5 Å². The molecule has 0 aliphatic rings. The third kappa shape index (κ3) is 2.46. The maximum Gasteiger partial charge on any atom is 0.0745 e. The molecule has 0 amide bonds. The van der Waals surface area contributed by atoms with Gasteiger partial charge in [0, 0.05) is 0 Å². The molecule has 0 unspecified atom stereocenters. The van der Waals surface area contributed by atoms with E-state index in [1.54, 1.807) is 0 Å². The second kappa shape index (κ2) is 4.83. The van der Waals surface area contributed by atoms with Gasteiger partial charge in [0.2, 0.25) is 0 Å². The Hall–Kier alpha value is -0.0800. The van der Waals surface area contributed by atoms with Gasteiger partial charge in [-0.1, -0.05) is 29.8 Å². The molecule has 0 fully saturated rings. The van der Waals surface area contributed by atoms with E-state index >= 15 is 0 Å². The Morgan fingerprint density at radius 3 is 1.92 bits per heavy atom. The molecule has 1 aromatic rings. The van der Waals surface area contributed by atoms with Crippen LogP contribution in [0, 0.1) is 6.92 Å². The molecule has 0 atom stereocenters. The van der Waals surface area contributed by atoms with Crippen LogP contribution < -0.4 is 0 Å². The summed E-state index contributed by atoms with van der Waals surface area (Å²) in [5.74, 6) is 0. The Labute approximate surface area is 83.1 Å². The molecule has 1 aromatic carbocycles. The largest absolute Gasteiger partial charge is 0.146 e. The average molecular weight is 198 g/mol. The Morgan fingerprint density at radius 1 is 1.00 bits per heavy atom. The molecule has 2 heteroatoms. The minimum absolute atomic E-state index is 0.589. The van der Waals surface area contributed by atoms with Crippen LogP contribution in [0.4, 0.5) is 0 Å². The van der Waals surface area contributed by atoms with Crippen molar-refractivity contribution in [1.29, 1.82) is 0 Å². The van der Waals surface area contributed by atoms with Crippen molar-refractivity contribution < 1.29 is 0 Å². The third-order valence-corrected chi connectivity index (χ3v) is 4.33. The summed E-state index contributed by atoms with van der Waals surface area (Å²) >= 11 is 3.78. The summed E-state index contributed by atoms with van der Waals surface area (Å²) in [6.45, 7) is 2.12. The Kier molecular flexibility index (Phi) is 4.02. The molecule has 0 aliphatic carbocycles. The number of aryl methyl sites for hydroxylation is 1. The fraction of sp³-hybridized carbons (Fsp3) is 0.400. The molecule has 0 radical (unpaired) electrons. The fourth-order valence-corrected chi connectivity index (χ4v) is 2.72. The number of hydrogen-bond donors (Lipinski definition) is 0. The van der Waals surface area contributed by atoms with Gasteiger partial charge in [0.05, 0.1) is 4.58 Å². The van der Waals surface area contributed by atoms with E-state index in [-0.39, 0.29) is 0 Å². The van der Waals surface area contributed by atoms with Crippen LogP contribution in [0.3, 0.4) is 0 Å². The van der Waals surface area contributed by atoms with Crippen LogP contribution in [0.1, 0.15) is 15.7 Å².